The fourth-order valence-corrected chi connectivity index (χ4v) is 3.33. The maximum absolute atomic E-state index is 12.3. The number of aryl methyl sites for hydroxylation is 4. The van der Waals surface area contributed by atoms with Gasteiger partial charge in [0.05, 0.1) is 10.6 Å². The lowest BCUT2D eigenvalue weighted by Gasteiger charge is -2.09. The predicted molar refractivity (Wildman–Crippen MR) is 82.9 cm³/mol. The molecular formula is C15H21N3O2S. The maximum atomic E-state index is 12.3. The summed E-state index contributed by atoms with van der Waals surface area (Å²) in [4.78, 5) is 0.311. The molecule has 0 aliphatic rings. The Morgan fingerprint density at radius 1 is 1.14 bits per heavy atom. The number of rotatable bonds is 5. The van der Waals surface area contributed by atoms with E-state index >= 15 is 0 Å². The SMILES string of the molecule is Cc1ccc(S(=O)(=O)NCCc2c(C)n[nH]c2C)cc1C. The van der Waals surface area contributed by atoms with Gasteiger partial charge in [0, 0.05) is 12.2 Å². The minimum absolute atomic E-state index is 0.311. The van der Waals surface area contributed by atoms with E-state index in [0.29, 0.717) is 17.9 Å². The zero-order valence-electron chi connectivity index (χ0n) is 12.8. The van der Waals surface area contributed by atoms with Crippen LogP contribution < -0.4 is 4.72 Å². The molecular weight excluding hydrogens is 286 g/mol. The van der Waals surface area contributed by atoms with Crippen LogP contribution in [0.2, 0.25) is 0 Å². The summed E-state index contributed by atoms with van der Waals surface area (Å²) in [7, 11) is -3.46. The molecule has 2 aromatic rings. The summed E-state index contributed by atoms with van der Waals surface area (Å²) < 4.78 is 27.2. The Morgan fingerprint density at radius 2 is 1.86 bits per heavy atom. The molecule has 0 atom stereocenters. The van der Waals surface area contributed by atoms with Crippen molar-refractivity contribution in [1.82, 2.24) is 14.9 Å². The van der Waals surface area contributed by atoms with Gasteiger partial charge >= 0.3 is 0 Å². The molecule has 0 radical (unpaired) electrons. The van der Waals surface area contributed by atoms with Crippen LogP contribution in [0.5, 0.6) is 0 Å². The third kappa shape index (κ3) is 3.51. The maximum Gasteiger partial charge on any atom is 0.240 e. The standard InChI is InChI=1S/C15H21N3O2S/c1-10-5-6-14(9-11(10)2)21(19,20)16-8-7-15-12(3)17-18-13(15)4/h5-6,9,16H,7-8H2,1-4H3,(H,17,18). The topological polar surface area (TPSA) is 74.8 Å². The Labute approximate surface area is 125 Å². The highest BCUT2D eigenvalue weighted by Gasteiger charge is 2.15. The summed E-state index contributed by atoms with van der Waals surface area (Å²) in [6.45, 7) is 8.08. The number of hydrogen-bond donors (Lipinski definition) is 2. The van der Waals surface area contributed by atoms with E-state index in [2.05, 4.69) is 14.9 Å². The fourth-order valence-electron chi connectivity index (χ4n) is 2.22. The molecule has 1 heterocycles. The number of H-pyrrole nitrogens is 1. The first kappa shape index (κ1) is 15.7. The van der Waals surface area contributed by atoms with E-state index in [-0.39, 0.29) is 0 Å². The highest BCUT2D eigenvalue weighted by atomic mass is 32.2. The summed E-state index contributed by atoms with van der Waals surface area (Å²) in [6, 6.07) is 5.17. The molecule has 6 heteroatoms. The van der Waals surface area contributed by atoms with Gasteiger partial charge in [-0.3, -0.25) is 5.10 Å². The first-order valence-electron chi connectivity index (χ1n) is 6.88. The van der Waals surface area contributed by atoms with E-state index in [1.807, 2.05) is 33.8 Å². The Bertz CT molecular complexity index is 729. The average Bonchev–Trinajstić information content (AvgIpc) is 2.73. The average molecular weight is 307 g/mol. The van der Waals surface area contributed by atoms with Crippen molar-refractivity contribution < 1.29 is 8.42 Å². The van der Waals surface area contributed by atoms with E-state index in [4.69, 9.17) is 0 Å². The predicted octanol–water partition coefficient (Wildman–Crippen LogP) is 2.16. The Balaban J connectivity index is 2.06. The monoisotopic (exact) mass is 307 g/mol. The summed E-state index contributed by atoms with van der Waals surface area (Å²) >= 11 is 0. The fraction of sp³-hybridized carbons (Fsp3) is 0.400. The van der Waals surface area contributed by atoms with Gasteiger partial charge in [-0.15, -0.1) is 0 Å². The van der Waals surface area contributed by atoms with Gasteiger partial charge in [0.2, 0.25) is 10.0 Å². The smallest absolute Gasteiger partial charge is 0.240 e. The van der Waals surface area contributed by atoms with E-state index in [0.717, 1.165) is 28.1 Å². The van der Waals surface area contributed by atoms with E-state index in [1.54, 1.807) is 12.1 Å². The first-order chi connectivity index (χ1) is 9.81. The van der Waals surface area contributed by atoms with E-state index in [1.165, 1.54) is 0 Å². The molecule has 0 aliphatic carbocycles. The summed E-state index contributed by atoms with van der Waals surface area (Å²) in [5.74, 6) is 0. The summed E-state index contributed by atoms with van der Waals surface area (Å²) in [6.07, 6.45) is 0.623. The molecule has 1 aromatic heterocycles. The van der Waals surface area contributed by atoms with Crippen molar-refractivity contribution in [2.75, 3.05) is 6.54 Å². The highest BCUT2D eigenvalue weighted by molar-refractivity contribution is 7.89. The van der Waals surface area contributed by atoms with Gasteiger partial charge in [0.15, 0.2) is 0 Å². The zero-order valence-corrected chi connectivity index (χ0v) is 13.6. The van der Waals surface area contributed by atoms with Gasteiger partial charge < -0.3 is 0 Å². The molecule has 0 saturated heterocycles. The van der Waals surface area contributed by atoms with Crippen LogP contribution in [-0.4, -0.2) is 25.2 Å². The van der Waals surface area contributed by atoms with Crippen molar-refractivity contribution >= 4 is 10.0 Å². The molecule has 0 fully saturated rings. The van der Waals surface area contributed by atoms with Crippen LogP contribution >= 0.6 is 0 Å². The summed E-state index contributed by atoms with van der Waals surface area (Å²) in [5.41, 5.74) is 5.02. The molecule has 5 nitrogen and oxygen atoms in total. The lowest BCUT2D eigenvalue weighted by molar-refractivity contribution is 0.581. The number of aromatic amines is 1. The molecule has 0 unspecified atom stereocenters. The van der Waals surface area contributed by atoms with Crippen LogP contribution in [0, 0.1) is 27.7 Å². The lowest BCUT2D eigenvalue weighted by atomic mass is 10.1. The van der Waals surface area contributed by atoms with Crippen LogP contribution in [0.25, 0.3) is 0 Å². The van der Waals surface area contributed by atoms with Crippen LogP contribution in [0.1, 0.15) is 28.1 Å². The number of aromatic nitrogens is 2. The third-order valence-electron chi connectivity index (χ3n) is 3.74. The van der Waals surface area contributed by atoms with Crippen molar-refractivity contribution in [3.8, 4) is 0 Å². The summed E-state index contributed by atoms with van der Waals surface area (Å²) in [5, 5.41) is 7.01. The van der Waals surface area contributed by atoms with Crippen LogP contribution in [0.15, 0.2) is 23.1 Å². The number of nitrogens with zero attached hydrogens (tertiary/aromatic N) is 1. The molecule has 2 N–H and O–H groups in total. The largest absolute Gasteiger partial charge is 0.282 e. The van der Waals surface area contributed by atoms with Crippen molar-refractivity contribution in [3.05, 3.63) is 46.3 Å². The second kappa shape index (κ2) is 5.99. The van der Waals surface area contributed by atoms with Crippen LogP contribution in [-0.2, 0) is 16.4 Å². The van der Waals surface area contributed by atoms with Crippen molar-refractivity contribution in [2.24, 2.45) is 0 Å². The van der Waals surface area contributed by atoms with Crippen LogP contribution in [0.4, 0.5) is 0 Å². The zero-order chi connectivity index (χ0) is 15.6. The number of sulfonamides is 1. The van der Waals surface area contributed by atoms with Crippen molar-refractivity contribution in [1.29, 1.82) is 0 Å². The van der Waals surface area contributed by atoms with E-state index in [9.17, 15) is 8.42 Å². The highest BCUT2D eigenvalue weighted by Crippen LogP contribution is 2.15. The van der Waals surface area contributed by atoms with Gasteiger partial charge in [-0.25, -0.2) is 13.1 Å². The van der Waals surface area contributed by atoms with Gasteiger partial charge in [0.25, 0.3) is 0 Å². The van der Waals surface area contributed by atoms with E-state index < -0.39 is 10.0 Å². The lowest BCUT2D eigenvalue weighted by Crippen LogP contribution is -2.26. The molecule has 0 saturated carbocycles. The molecule has 1 aromatic carbocycles. The first-order valence-corrected chi connectivity index (χ1v) is 8.37. The van der Waals surface area contributed by atoms with Gasteiger partial charge in [-0.1, -0.05) is 6.07 Å². The molecule has 21 heavy (non-hydrogen) atoms. The molecule has 0 bridgehead atoms. The molecule has 114 valence electrons. The Hall–Kier alpha value is -1.66. The molecule has 0 amide bonds. The number of nitrogens with one attached hydrogen (secondary N) is 2. The quantitative estimate of drug-likeness (QED) is 0.889. The Morgan fingerprint density at radius 3 is 2.43 bits per heavy atom. The second-order valence-corrected chi connectivity index (χ2v) is 7.07. The number of benzene rings is 1. The molecule has 2 rings (SSSR count). The van der Waals surface area contributed by atoms with Gasteiger partial charge in [-0.05, 0) is 62.9 Å². The third-order valence-corrected chi connectivity index (χ3v) is 5.20. The normalized spacial score (nSPS) is 11.8. The van der Waals surface area contributed by atoms with Crippen molar-refractivity contribution in [2.45, 2.75) is 39.0 Å². The minimum atomic E-state index is -3.46. The molecule has 0 aliphatic heterocycles. The van der Waals surface area contributed by atoms with Gasteiger partial charge in [0.1, 0.15) is 0 Å². The van der Waals surface area contributed by atoms with Crippen molar-refractivity contribution in [3.63, 3.8) is 0 Å². The van der Waals surface area contributed by atoms with Gasteiger partial charge in [-0.2, -0.15) is 5.10 Å². The number of hydrogen-bond acceptors (Lipinski definition) is 3. The second-order valence-electron chi connectivity index (χ2n) is 5.31. The van der Waals surface area contributed by atoms with Crippen LogP contribution in [0.3, 0.4) is 0 Å². The Kier molecular flexibility index (Phi) is 4.49. The minimum Gasteiger partial charge on any atom is -0.282 e. The molecule has 0 spiro atoms.